The molecule has 0 spiro atoms. The van der Waals surface area contributed by atoms with Crippen LogP contribution in [0.5, 0.6) is 5.75 Å². The molecule has 0 aliphatic rings. The van der Waals surface area contributed by atoms with Crippen molar-refractivity contribution in [1.29, 1.82) is 0 Å². The van der Waals surface area contributed by atoms with Crippen LogP contribution in [0, 0.1) is 10.1 Å². The third kappa shape index (κ3) is 4.07. The summed E-state index contributed by atoms with van der Waals surface area (Å²) in [5, 5.41) is 13.2. The molecule has 0 radical (unpaired) electrons. The first-order valence-corrected chi connectivity index (χ1v) is 6.99. The number of rotatable bonds is 6. The number of carbonyl (C=O) groups is 2. The van der Waals surface area contributed by atoms with Crippen LogP contribution in [0.25, 0.3) is 0 Å². The minimum Gasteiger partial charge on any atom is -0.481 e. The Morgan fingerprint density at radius 2 is 1.79 bits per heavy atom. The molecule has 124 valence electrons. The standard InChI is InChI=1S/C16H15N3O5/c1-10(24-12-8-6-11(7-9-12)19(22)23)16(21)18-14-5-3-2-4-13(14)15(17)20/h2-10H,1H3,(H2,17,20)(H,18,21)/t10-/m0/s1. The minimum atomic E-state index is -0.882. The van der Waals surface area contributed by atoms with Crippen LogP contribution in [0.4, 0.5) is 11.4 Å². The minimum absolute atomic E-state index is 0.0742. The van der Waals surface area contributed by atoms with E-state index in [1.165, 1.54) is 37.3 Å². The van der Waals surface area contributed by atoms with Gasteiger partial charge in [-0.1, -0.05) is 12.1 Å². The Morgan fingerprint density at radius 1 is 1.17 bits per heavy atom. The van der Waals surface area contributed by atoms with E-state index >= 15 is 0 Å². The van der Waals surface area contributed by atoms with Gasteiger partial charge in [-0.3, -0.25) is 19.7 Å². The molecule has 2 rings (SSSR count). The summed E-state index contributed by atoms with van der Waals surface area (Å²) in [4.78, 5) is 33.6. The van der Waals surface area contributed by atoms with Crippen LogP contribution in [0.2, 0.25) is 0 Å². The summed E-state index contributed by atoms with van der Waals surface area (Å²) < 4.78 is 5.43. The molecule has 3 N–H and O–H groups in total. The average Bonchev–Trinajstić information content (AvgIpc) is 2.55. The maximum absolute atomic E-state index is 12.2. The SMILES string of the molecule is C[C@H](Oc1ccc([N+](=O)[O-])cc1)C(=O)Nc1ccccc1C(N)=O. The van der Waals surface area contributed by atoms with E-state index in [-0.39, 0.29) is 16.9 Å². The molecule has 2 amide bonds. The number of non-ortho nitro benzene ring substituents is 1. The molecule has 0 fully saturated rings. The Morgan fingerprint density at radius 3 is 2.38 bits per heavy atom. The van der Waals surface area contributed by atoms with Crippen molar-refractivity contribution in [3.63, 3.8) is 0 Å². The van der Waals surface area contributed by atoms with Crippen molar-refractivity contribution in [1.82, 2.24) is 0 Å². The number of primary amides is 1. The highest BCUT2D eigenvalue weighted by atomic mass is 16.6. The Bertz CT molecular complexity index is 774. The second-order valence-corrected chi connectivity index (χ2v) is 4.91. The van der Waals surface area contributed by atoms with Crippen LogP contribution in [-0.2, 0) is 4.79 Å². The fourth-order valence-corrected chi connectivity index (χ4v) is 1.95. The summed E-state index contributed by atoms with van der Waals surface area (Å²) in [7, 11) is 0. The summed E-state index contributed by atoms with van der Waals surface area (Å²) in [5.74, 6) is -0.830. The number of anilines is 1. The van der Waals surface area contributed by atoms with Gasteiger partial charge in [0.15, 0.2) is 6.10 Å². The summed E-state index contributed by atoms with van der Waals surface area (Å²) in [6.07, 6.45) is -0.882. The van der Waals surface area contributed by atoms with Gasteiger partial charge in [0.05, 0.1) is 16.2 Å². The predicted molar refractivity (Wildman–Crippen MR) is 86.8 cm³/mol. The Hall–Kier alpha value is -3.42. The zero-order valence-corrected chi connectivity index (χ0v) is 12.8. The van der Waals surface area contributed by atoms with E-state index < -0.39 is 22.8 Å². The first-order chi connectivity index (χ1) is 11.4. The Kier molecular flexibility index (Phi) is 5.10. The van der Waals surface area contributed by atoms with Crippen LogP contribution < -0.4 is 15.8 Å². The maximum atomic E-state index is 12.2. The summed E-state index contributed by atoms with van der Waals surface area (Å²) in [5.41, 5.74) is 5.65. The summed E-state index contributed by atoms with van der Waals surface area (Å²) in [6.45, 7) is 1.52. The maximum Gasteiger partial charge on any atom is 0.269 e. The topological polar surface area (TPSA) is 125 Å². The molecule has 0 bridgehead atoms. The van der Waals surface area contributed by atoms with Gasteiger partial charge in [0.2, 0.25) is 0 Å². The molecule has 1 atom stereocenters. The molecule has 24 heavy (non-hydrogen) atoms. The van der Waals surface area contributed by atoms with Gasteiger partial charge in [-0.15, -0.1) is 0 Å². The van der Waals surface area contributed by atoms with Crippen LogP contribution in [0.3, 0.4) is 0 Å². The third-order valence-corrected chi connectivity index (χ3v) is 3.18. The van der Waals surface area contributed by atoms with Crippen LogP contribution in [0.1, 0.15) is 17.3 Å². The Labute approximate surface area is 137 Å². The summed E-state index contributed by atoms with van der Waals surface area (Å²) in [6, 6.07) is 11.7. The summed E-state index contributed by atoms with van der Waals surface area (Å²) >= 11 is 0. The first kappa shape index (κ1) is 16.9. The van der Waals surface area contributed by atoms with Gasteiger partial charge < -0.3 is 15.8 Å². The van der Waals surface area contributed by atoms with Gasteiger partial charge >= 0.3 is 0 Å². The highest BCUT2D eigenvalue weighted by Gasteiger charge is 2.18. The monoisotopic (exact) mass is 329 g/mol. The highest BCUT2D eigenvalue weighted by Crippen LogP contribution is 2.19. The molecule has 0 aliphatic carbocycles. The molecule has 8 heteroatoms. The predicted octanol–water partition coefficient (Wildman–Crippen LogP) is 2.10. The van der Waals surface area contributed by atoms with Gasteiger partial charge in [-0.2, -0.15) is 0 Å². The lowest BCUT2D eigenvalue weighted by Crippen LogP contribution is -2.31. The van der Waals surface area contributed by atoms with Crippen molar-refractivity contribution < 1.29 is 19.2 Å². The first-order valence-electron chi connectivity index (χ1n) is 6.99. The van der Waals surface area contributed by atoms with Crippen molar-refractivity contribution in [3.8, 4) is 5.75 Å². The number of ether oxygens (including phenoxy) is 1. The van der Waals surface area contributed by atoms with Gasteiger partial charge in [0.1, 0.15) is 5.75 Å². The van der Waals surface area contributed by atoms with Crippen molar-refractivity contribution in [3.05, 3.63) is 64.2 Å². The molecule has 0 saturated heterocycles. The van der Waals surface area contributed by atoms with E-state index in [4.69, 9.17) is 10.5 Å². The highest BCUT2D eigenvalue weighted by molar-refractivity contribution is 6.03. The number of nitrogens with zero attached hydrogens (tertiary/aromatic N) is 1. The lowest BCUT2D eigenvalue weighted by atomic mass is 10.1. The fourth-order valence-electron chi connectivity index (χ4n) is 1.95. The molecule has 2 aromatic carbocycles. The van der Waals surface area contributed by atoms with Gasteiger partial charge in [0, 0.05) is 12.1 Å². The molecule has 0 saturated carbocycles. The van der Waals surface area contributed by atoms with E-state index in [0.29, 0.717) is 5.75 Å². The second kappa shape index (κ2) is 7.23. The van der Waals surface area contributed by atoms with Crippen LogP contribution in [-0.4, -0.2) is 22.8 Å². The van der Waals surface area contributed by atoms with Gasteiger partial charge in [-0.25, -0.2) is 0 Å². The molecule has 0 aromatic heterocycles. The number of benzene rings is 2. The van der Waals surface area contributed by atoms with Gasteiger partial charge in [0.25, 0.3) is 17.5 Å². The van der Waals surface area contributed by atoms with Crippen molar-refractivity contribution in [2.75, 3.05) is 5.32 Å². The zero-order valence-electron chi connectivity index (χ0n) is 12.8. The van der Waals surface area contributed by atoms with Crippen molar-refractivity contribution >= 4 is 23.2 Å². The fraction of sp³-hybridized carbons (Fsp3) is 0.125. The van der Waals surface area contributed by atoms with E-state index in [2.05, 4.69) is 5.32 Å². The molecule has 0 heterocycles. The lowest BCUT2D eigenvalue weighted by molar-refractivity contribution is -0.384. The smallest absolute Gasteiger partial charge is 0.269 e. The number of hydrogen-bond donors (Lipinski definition) is 2. The molecular weight excluding hydrogens is 314 g/mol. The number of nitrogens with one attached hydrogen (secondary N) is 1. The number of nitrogens with two attached hydrogens (primary N) is 1. The number of hydrogen-bond acceptors (Lipinski definition) is 5. The molecule has 0 aliphatic heterocycles. The second-order valence-electron chi connectivity index (χ2n) is 4.91. The number of para-hydroxylation sites is 1. The lowest BCUT2D eigenvalue weighted by Gasteiger charge is -2.15. The average molecular weight is 329 g/mol. The third-order valence-electron chi connectivity index (χ3n) is 3.18. The van der Waals surface area contributed by atoms with Crippen LogP contribution in [0.15, 0.2) is 48.5 Å². The Balaban J connectivity index is 2.05. The number of nitro groups is 1. The van der Waals surface area contributed by atoms with E-state index in [0.717, 1.165) is 0 Å². The number of amides is 2. The normalized spacial score (nSPS) is 11.4. The van der Waals surface area contributed by atoms with E-state index in [1.54, 1.807) is 18.2 Å². The van der Waals surface area contributed by atoms with Crippen molar-refractivity contribution in [2.24, 2.45) is 5.73 Å². The molecular formula is C16H15N3O5. The number of nitro benzene ring substituents is 1. The molecule has 0 unspecified atom stereocenters. The van der Waals surface area contributed by atoms with E-state index in [1.807, 2.05) is 0 Å². The molecule has 8 nitrogen and oxygen atoms in total. The molecule has 2 aromatic rings. The zero-order chi connectivity index (χ0) is 17.7. The van der Waals surface area contributed by atoms with Crippen LogP contribution >= 0.6 is 0 Å². The quantitative estimate of drug-likeness (QED) is 0.620. The largest absolute Gasteiger partial charge is 0.481 e. The van der Waals surface area contributed by atoms with Gasteiger partial charge in [-0.05, 0) is 31.2 Å². The number of carbonyl (C=O) groups excluding carboxylic acids is 2. The van der Waals surface area contributed by atoms with E-state index in [9.17, 15) is 19.7 Å². The van der Waals surface area contributed by atoms with Crippen molar-refractivity contribution in [2.45, 2.75) is 13.0 Å².